The van der Waals surface area contributed by atoms with Gasteiger partial charge >= 0.3 is 0 Å². The monoisotopic (exact) mass is 334 g/mol. The van der Waals surface area contributed by atoms with Gasteiger partial charge in [0.15, 0.2) is 0 Å². The summed E-state index contributed by atoms with van der Waals surface area (Å²) in [6, 6.07) is 14.0. The number of nitrogens with two attached hydrogens (primary N) is 1. The van der Waals surface area contributed by atoms with Gasteiger partial charge in [0.1, 0.15) is 11.6 Å². The smallest absolute Gasteiger partial charge is 0.267 e. The van der Waals surface area contributed by atoms with Crippen LogP contribution < -0.4 is 16.4 Å². The summed E-state index contributed by atoms with van der Waals surface area (Å²) in [6.07, 6.45) is 1.25. The van der Waals surface area contributed by atoms with Gasteiger partial charge in [-0.15, -0.1) is 0 Å². The van der Waals surface area contributed by atoms with Gasteiger partial charge in [-0.25, -0.2) is 0 Å². The Morgan fingerprint density at radius 1 is 1.12 bits per heavy atom. The highest BCUT2D eigenvalue weighted by atomic mass is 16.2. The molecule has 0 saturated heterocycles. The van der Waals surface area contributed by atoms with E-state index in [-0.39, 0.29) is 11.1 Å². The summed E-state index contributed by atoms with van der Waals surface area (Å²) in [6.45, 7) is 3.83. The molecule has 0 bridgehead atoms. The molecule has 2 amide bonds. The third-order valence-electron chi connectivity index (χ3n) is 3.56. The van der Waals surface area contributed by atoms with Crippen LogP contribution in [0.3, 0.4) is 0 Å². The molecule has 0 aliphatic rings. The number of anilines is 2. The third-order valence-corrected chi connectivity index (χ3v) is 3.56. The lowest BCUT2D eigenvalue weighted by Gasteiger charge is -2.09. The highest BCUT2D eigenvalue weighted by molar-refractivity contribution is 6.07. The zero-order valence-corrected chi connectivity index (χ0v) is 14.0. The number of benzene rings is 2. The van der Waals surface area contributed by atoms with Crippen LogP contribution in [0.15, 0.2) is 54.2 Å². The van der Waals surface area contributed by atoms with Crippen molar-refractivity contribution in [2.24, 2.45) is 5.73 Å². The Hall–Kier alpha value is -3.59. The molecule has 4 N–H and O–H groups in total. The maximum absolute atomic E-state index is 12.3. The number of rotatable bonds is 5. The van der Waals surface area contributed by atoms with E-state index in [1.807, 2.05) is 32.0 Å². The lowest BCUT2D eigenvalue weighted by molar-refractivity contribution is -0.112. The number of aryl methyl sites for hydroxylation is 2. The maximum Gasteiger partial charge on any atom is 0.267 e. The summed E-state index contributed by atoms with van der Waals surface area (Å²) in [5, 5.41) is 14.7. The molecule has 0 fully saturated rings. The Kier molecular flexibility index (Phi) is 5.54. The van der Waals surface area contributed by atoms with E-state index in [1.54, 1.807) is 30.3 Å². The first-order valence-electron chi connectivity index (χ1n) is 7.56. The molecule has 0 saturated carbocycles. The van der Waals surface area contributed by atoms with Crippen molar-refractivity contribution in [3.05, 3.63) is 70.9 Å². The summed E-state index contributed by atoms with van der Waals surface area (Å²) in [7, 11) is 0. The first-order chi connectivity index (χ1) is 11.9. The van der Waals surface area contributed by atoms with Crippen molar-refractivity contribution < 1.29 is 9.59 Å². The van der Waals surface area contributed by atoms with Crippen LogP contribution in [-0.4, -0.2) is 11.8 Å². The molecule has 0 aliphatic heterocycles. The minimum atomic E-state index is -0.602. The molecule has 0 heterocycles. The van der Waals surface area contributed by atoms with Crippen LogP contribution in [0.1, 0.15) is 21.5 Å². The van der Waals surface area contributed by atoms with Gasteiger partial charge in [0.25, 0.3) is 11.8 Å². The topological polar surface area (TPSA) is 108 Å². The van der Waals surface area contributed by atoms with Gasteiger partial charge in [0, 0.05) is 11.9 Å². The second kappa shape index (κ2) is 7.79. The molecule has 0 unspecified atom stereocenters. The molecule has 2 aromatic rings. The maximum atomic E-state index is 12.3. The number of nitriles is 1. The first kappa shape index (κ1) is 17.8. The van der Waals surface area contributed by atoms with Gasteiger partial charge in [-0.05, 0) is 37.6 Å². The van der Waals surface area contributed by atoms with Crippen LogP contribution in [0.25, 0.3) is 0 Å². The minimum Gasteiger partial charge on any atom is -0.366 e. The van der Waals surface area contributed by atoms with Crippen molar-refractivity contribution in [3.8, 4) is 6.07 Å². The molecule has 0 aromatic heterocycles. The number of para-hydroxylation sites is 1. The van der Waals surface area contributed by atoms with Gasteiger partial charge < -0.3 is 16.4 Å². The summed E-state index contributed by atoms with van der Waals surface area (Å²) >= 11 is 0. The molecule has 0 spiro atoms. The number of nitrogens with zero attached hydrogens (tertiary/aromatic N) is 1. The number of primary amides is 1. The number of hydrogen-bond acceptors (Lipinski definition) is 4. The van der Waals surface area contributed by atoms with Crippen molar-refractivity contribution in [2.45, 2.75) is 13.8 Å². The van der Waals surface area contributed by atoms with E-state index in [1.165, 1.54) is 6.20 Å². The zero-order chi connectivity index (χ0) is 18.4. The molecular formula is C19H18N4O2. The van der Waals surface area contributed by atoms with E-state index < -0.39 is 11.8 Å². The van der Waals surface area contributed by atoms with Gasteiger partial charge in [-0.1, -0.05) is 29.8 Å². The SMILES string of the molecule is Cc1ccc(NC(=O)/C(C#N)=C\Nc2ccccc2C(N)=O)c(C)c1. The third kappa shape index (κ3) is 4.45. The second-order valence-electron chi connectivity index (χ2n) is 5.50. The predicted octanol–water partition coefficient (Wildman–Crippen LogP) is 2.86. The molecule has 126 valence electrons. The van der Waals surface area contributed by atoms with Gasteiger partial charge in [0.05, 0.1) is 11.3 Å². The Morgan fingerprint density at radius 3 is 2.48 bits per heavy atom. The number of carbonyl (C=O) groups excluding carboxylic acids is 2. The molecule has 2 aromatic carbocycles. The number of hydrogen-bond donors (Lipinski definition) is 3. The van der Waals surface area contributed by atoms with Crippen molar-refractivity contribution in [1.29, 1.82) is 5.26 Å². The number of nitrogens with one attached hydrogen (secondary N) is 2. The number of carbonyl (C=O) groups is 2. The van der Waals surface area contributed by atoms with E-state index in [2.05, 4.69) is 10.6 Å². The Morgan fingerprint density at radius 2 is 1.84 bits per heavy atom. The summed E-state index contributed by atoms with van der Waals surface area (Å²) in [5.74, 6) is -1.15. The van der Waals surface area contributed by atoms with E-state index in [0.717, 1.165) is 11.1 Å². The predicted molar refractivity (Wildman–Crippen MR) is 96.8 cm³/mol. The largest absolute Gasteiger partial charge is 0.366 e. The van der Waals surface area contributed by atoms with Crippen LogP contribution in [0.2, 0.25) is 0 Å². The molecular weight excluding hydrogens is 316 g/mol. The molecule has 0 aliphatic carbocycles. The summed E-state index contributed by atoms with van der Waals surface area (Å²) < 4.78 is 0. The van der Waals surface area contributed by atoms with Crippen LogP contribution in [0, 0.1) is 25.2 Å². The fourth-order valence-electron chi connectivity index (χ4n) is 2.27. The van der Waals surface area contributed by atoms with Crippen molar-refractivity contribution in [2.75, 3.05) is 10.6 Å². The van der Waals surface area contributed by atoms with Crippen LogP contribution in [0.4, 0.5) is 11.4 Å². The Balaban J connectivity index is 2.19. The van der Waals surface area contributed by atoms with Crippen molar-refractivity contribution >= 4 is 23.2 Å². The average Bonchev–Trinajstić information content (AvgIpc) is 2.58. The Bertz CT molecular complexity index is 895. The summed E-state index contributed by atoms with van der Waals surface area (Å²) in [4.78, 5) is 23.7. The second-order valence-corrected chi connectivity index (χ2v) is 5.50. The van der Waals surface area contributed by atoms with Crippen LogP contribution in [-0.2, 0) is 4.79 Å². The van der Waals surface area contributed by atoms with Crippen LogP contribution in [0.5, 0.6) is 0 Å². The van der Waals surface area contributed by atoms with E-state index in [0.29, 0.717) is 11.4 Å². The highest BCUT2D eigenvalue weighted by Gasteiger charge is 2.12. The van der Waals surface area contributed by atoms with Crippen molar-refractivity contribution in [3.63, 3.8) is 0 Å². The average molecular weight is 334 g/mol. The van der Waals surface area contributed by atoms with Crippen molar-refractivity contribution in [1.82, 2.24) is 0 Å². The molecule has 0 atom stereocenters. The fourth-order valence-corrected chi connectivity index (χ4v) is 2.27. The zero-order valence-electron chi connectivity index (χ0n) is 14.0. The molecule has 6 nitrogen and oxygen atoms in total. The van der Waals surface area contributed by atoms with Gasteiger partial charge in [0.2, 0.25) is 0 Å². The lowest BCUT2D eigenvalue weighted by atomic mass is 10.1. The van der Waals surface area contributed by atoms with E-state index in [9.17, 15) is 14.9 Å². The minimum absolute atomic E-state index is 0.126. The molecule has 0 radical (unpaired) electrons. The lowest BCUT2D eigenvalue weighted by Crippen LogP contribution is -2.16. The molecule has 6 heteroatoms. The van der Waals surface area contributed by atoms with Crippen LogP contribution >= 0.6 is 0 Å². The summed E-state index contributed by atoms with van der Waals surface area (Å²) in [5.41, 5.74) is 8.48. The molecule has 2 rings (SSSR count). The fraction of sp³-hybridized carbons (Fsp3) is 0.105. The van der Waals surface area contributed by atoms with E-state index >= 15 is 0 Å². The van der Waals surface area contributed by atoms with E-state index in [4.69, 9.17) is 5.73 Å². The Labute approximate surface area is 146 Å². The first-order valence-corrected chi connectivity index (χ1v) is 7.56. The standard InChI is InChI=1S/C19H18N4O2/c1-12-7-8-16(13(2)9-12)23-19(25)14(10-20)11-22-17-6-4-3-5-15(17)18(21)24/h3-9,11,22H,1-2H3,(H2,21,24)(H,23,25)/b14-11-. The molecule has 25 heavy (non-hydrogen) atoms. The van der Waals surface area contributed by atoms with Gasteiger partial charge in [-0.2, -0.15) is 5.26 Å². The normalized spacial score (nSPS) is 10.7. The van der Waals surface area contributed by atoms with Gasteiger partial charge in [-0.3, -0.25) is 9.59 Å². The number of amides is 2. The quantitative estimate of drug-likeness (QED) is 0.577. The highest BCUT2D eigenvalue weighted by Crippen LogP contribution is 2.18.